The van der Waals surface area contributed by atoms with Gasteiger partial charge in [0.25, 0.3) is 0 Å². The Hall–Kier alpha value is -3.62. The topological polar surface area (TPSA) is 157 Å². The molecule has 0 atom stereocenters. The lowest BCUT2D eigenvalue weighted by molar-refractivity contribution is -0.136. The molecule has 206 valence electrons. The molecule has 0 bridgehead atoms. The molecule has 4 rings (SSSR count). The lowest BCUT2D eigenvalue weighted by Crippen LogP contribution is -2.30. The van der Waals surface area contributed by atoms with E-state index >= 15 is 0 Å². The molecule has 1 aliphatic heterocycles. The van der Waals surface area contributed by atoms with E-state index in [2.05, 4.69) is 9.65 Å². The number of halogens is 2. The largest absolute Gasteiger partial charge is 0.494 e. The zero-order valence-electron chi connectivity index (χ0n) is 21.2. The SMILES string of the molecule is Cc1cc(OCCCC(F)(F)P(=O)(O)O)ccc1CCC1=[N+]=c2c(N)nc3cc(CCC(=O)O)ccc3c2=C1. The molecule has 0 saturated heterocycles. The van der Waals surface area contributed by atoms with Crippen LogP contribution in [0.25, 0.3) is 17.0 Å². The predicted octanol–water partition coefficient (Wildman–Crippen LogP) is 2.63. The van der Waals surface area contributed by atoms with Gasteiger partial charge in [0.05, 0.1) is 23.8 Å². The third-order valence-electron chi connectivity index (χ3n) is 6.57. The van der Waals surface area contributed by atoms with E-state index in [1.54, 1.807) is 12.1 Å². The first-order valence-corrected chi connectivity index (χ1v) is 14.0. The van der Waals surface area contributed by atoms with Crippen LogP contribution in [0.4, 0.5) is 14.6 Å². The van der Waals surface area contributed by atoms with Crippen LogP contribution in [0.15, 0.2) is 36.4 Å². The van der Waals surface area contributed by atoms with Crippen molar-refractivity contribution in [2.75, 3.05) is 12.3 Å². The number of ether oxygens (including phenoxy) is 1. The molecule has 0 saturated carbocycles. The van der Waals surface area contributed by atoms with Crippen LogP contribution in [-0.4, -0.2) is 43.8 Å². The van der Waals surface area contributed by atoms with E-state index in [1.165, 1.54) is 0 Å². The number of carbonyl (C=O) groups is 1. The summed E-state index contributed by atoms with van der Waals surface area (Å²) in [5.74, 6) is -0.0555. The Morgan fingerprint density at radius 1 is 1.15 bits per heavy atom. The molecule has 0 radical (unpaired) electrons. The maximum Gasteiger partial charge on any atom is 0.394 e. The molecule has 3 aromatic rings. The average molecular weight is 561 g/mol. The Kier molecular flexibility index (Phi) is 8.18. The van der Waals surface area contributed by atoms with Crippen molar-refractivity contribution in [1.82, 2.24) is 9.65 Å². The second-order valence-corrected chi connectivity index (χ2v) is 11.2. The van der Waals surface area contributed by atoms with Crippen LogP contribution in [0.5, 0.6) is 5.75 Å². The molecule has 0 unspecified atom stereocenters. The van der Waals surface area contributed by atoms with Crippen LogP contribution < -0.4 is 25.7 Å². The predicted molar refractivity (Wildman–Crippen MR) is 143 cm³/mol. The van der Waals surface area contributed by atoms with Gasteiger partial charge in [-0.15, -0.1) is 0 Å². The minimum absolute atomic E-state index is 0.0378. The summed E-state index contributed by atoms with van der Waals surface area (Å²) in [7, 11) is -5.48. The van der Waals surface area contributed by atoms with Crippen molar-refractivity contribution in [3.05, 3.63) is 63.7 Å². The summed E-state index contributed by atoms with van der Waals surface area (Å²) < 4.78 is 47.8. The van der Waals surface area contributed by atoms with Crippen LogP contribution >= 0.6 is 7.60 Å². The quantitative estimate of drug-likeness (QED) is 0.150. The van der Waals surface area contributed by atoms with Crippen LogP contribution in [0.2, 0.25) is 0 Å². The summed E-state index contributed by atoms with van der Waals surface area (Å²) in [6.45, 7) is 1.82. The van der Waals surface area contributed by atoms with E-state index in [-0.39, 0.29) is 19.4 Å². The highest BCUT2D eigenvalue weighted by Gasteiger charge is 2.47. The summed E-state index contributed by atoms with van der Waals surface area (Å²) >= 11 is 0. The summed E-state index contributed by atoms with van der Waals surface area (Å²) in [5.41, 5.74) is 6.55. The summed E-state index contributed by atoms with van der Waals surface area (Å²) in [6, 6.07) is 11.1. The molecule has 0 aliphatic carbocycles. The molecule has 12 heteroatoms. The van der Waals surface area contributed by atoms with Gasteiger partial charge in [-0.3, -0.25) is 9.36 Å². The van der Waals surface area contributed by atoms with Gasteiger partial charge in [0.1, 0.15) is 5.75 Å². The number of hydrogen-bond acceptors (Lipinski definition) is 5. The molecule has 1 aliphatic rings. The zero-order chi connectivity index (χ0) is 28.4. The van der Waals surface area contributed by atoms with Gasteiger partial charge in [-0.1, -0.05) is 22.9 Å². The van der Waals surface area contributed by atoms with E-state index in [0.29, 0.717) is 41.7 Å². The van der Waals surface area contributed by atoms with Crippen molar-refractivity contribution in [3.63, 3.8) is 0 Å². The Morgan fingerprint density at radius 2 is 1.92 bits per heavy atom. The van der Waals surface area contributed by atoms with Crippen molar-refractivity contribution in [1.29, 1.82) is 0 Å². The van der Waals surface area contributed by atoms with E-state index in [9.17, 15) is 18.1 Å². The van der Waals surface area contributed by atoms with Crippen molar-refractivity contribution >= 4 is 42.1 Å². The maximum absolute atomic E-state index is 13.4. The first-order chi connectivity index (χ1) is 18.3. The Bertz CT molecular complexity index is 1650. The van der Waals surface area contributed by atoms with Gasteiger partial charge in [-0.05, 0) is 61.1 Å². The standard InChI is InChI=1S/C27H28F2N3O6P/c1-16-13-20(38-12-2-11-27(28,29)39(35,36)37)8-6-18(16)5-7-19-15-22-21-9-3-17(4-10-24(33)34)14-23(21)32-26(30)25(22)31-19/h3,6,8-9,13-15,30H,2,4-5,7,10-12H2,1H3,(H3,33,34,35,36,37)/p+1. The number of pyridine rings is 1. The number of aromatic nitrogens is 1. The number of aliphatic carboxylic acids is 1. The molecule has 2 heterocycles. The second-order valence-electron chi connectivity index (χ2n) is 9.50. The summed E-state index contributed by atoms with van der Waals surface area (Å²) in [4.78, 5) is 32.8. The molecular weight excluding hydrogens is 531 g/mol. The third-order valence-corrected chi connectivity index (χ3v) is 7.64. The van der Waals surface area contributed by atoms with Crippen molar-refractivity contribution < 1.29 is 37.8 Å². The normalized spacial score (nSPS) is 13.0. The summed E-state index contributed by atoms with van der Waals surface area (Å²) in [5, 5.41) is 11.3. The van der Waals surface area contributed by atoms with Gasteiger partial charge in [0.15, 0.2) is 0 Å². The van der Waals surface area contributed by atoms with Crippen LogP contribution in [0.3, 0.4) is 0 Å². The molecule has 39 heavy (non-hydrogen) atoms. The van der Waals surface area contributed by atoms with Crippen LogP contribution in [0, 0.1) is 6.92 Å². The fourth-order valence-corrected chi connectivity index (χ4v) is 4.86. The smallest absolute Gasteiger partial charge is 0.394 e. The van der Waals surface area contributed by atoms with Gasteiger partial charge >= 0.3 is 30.3 Å². The van der Waals surface area contributed by atoms with E-state index in [4.69, 9.17) is 25.4 Å². The average Bonchev–Trinajstić information content (AvgIpc) is 3.29. The van der Waals surface area contributed by atoms with Gasteiger partial charge in [0, 0.05) is 24.3 Å². The fraction of sp³-hybridized carbons (Fsp3) is 0.333. The van der Waals surface area contributed by atoms with Crippen molar-refractivity contribution in [2.24, 2.45) is 0 Å². The molecule has 5 N–H and O–H groups in total. The fourth-order valence-electron chi connectivity index (χ4n) is 4.41. The number of alkyl halides is 2. The number of nitrogens with two attached hydrogens (primary N) is 1. The second kappa shape index (κ2) is 11.2. The Balaban J connectivity index is 1.40. The van der Waals surface area contributed by atoms with Crippen LogP contribution in [0.1, 0.15) is 42.4 Å². The Labute approximate surface area is 222 Å². The first kappa shape index (κ1) is 28.4. The van der Waals surface area contributed by atoms with Crippen molar-refractivity contribution in [3.8, 4) is 5.75 Å². The van der Waals surface area contributed by atoms with Crippen molar-refractivity contribution in [2.45, 2.75) is 51.1 Å². The number of nitrogens with zero attached hydrogens (tertiary/aromatic N) is 2. The highest BCUT2D eigenvalue weighted by molar-refractivity contribution is 7.53. The first-order valence-electron chi connectivity index (χ1n) is 12.4. The number of rotatable bonds is 12. The van der Waals surface area contributed by atoms with E-state index in [1.807, 2.05) is 37.3 Å². The highest BCUT2D eigenvalue weighted by atomic mass is 31.2. The lowest BCUT2D eigenvalue weighted by atomic mass is 10.0. The number of fused-ring (bicyclic) bond motifs is 3. The number of carboxylic acid groups (broad SMARTS) is 1. The van der Waals surface area contributed by atoms with Gasteiger partial charge < -0.3 is 25.4 Å². The number of nitrogen functional groups attached to an aromatic ring is 1. The molecule has 0 amide bonds. The number of aryl methyl sites for hydroxylation is 3. The Morgan fingerprint density at radius 3 is 2.62 bits per heavy atom. The minimum Gasteiger partial charge on any atom is -0.494 e. The molecule has 0 fully saturated rings. The third kappa shape index (κ3) is 6.69. The monoisotopic (exact) mass is 560 g/mol. The number of benzene rings is 2. The molecular formula is C27H29F2N3O6P+. The molecule has 1 aromatic heterocycles. The van der Waals surface area contributed by atoms with Gasteiger partial charge in [0.2, 0.25) is 5.82 Å². The summed E-state index contributed by atoms with van der Waals surface area (Å²) in [6.07, 6.45) is 2.61. The van der Waals surface area contributed by atoms with Crippen LogP contribution in [-0.2, 0) is 22.2 Å². The van der Waals surface area contributed by atoms with E-state index < -0.39 is 25.6 Å². The number of hydrogen-bond donors (Lipinski definition) is 4. The maximum atomic E-state index is 13.4. The highest BCUT2D eigenvalue weighted by Crippen LogP contribution is 2.55. The van der Waals surface area contributed by atoms with E-state index in [0.717, 1.165) is 33.0 Å². The van der Waals surface area contributed by atoms with Gasteiger partial charge in [-0.25, -0.2) is 4.98 Å². The zero-order valence-corrected chi connectivity index (χ0v) is 22.1. The lowest BCUT2D eigenvalue weighted by Gasteiger charge is -2.17. The minimum atomic E-state index is -5.48. The molecule has 2 aromatic carbocycles. The van der Waals surface area contributed by atoms with Gasteiger partial charge in [-0.2, -0.15) is 8.78 Å². The number of carboxylic acids is 1. The number of anilines is 1. The molecule has 0 spiro atoms. The molecule has 9 nitrogen and oxygen atoms in total.